The lowest BCUT2D eigenvalue weighted by Crippen LogP contribution is -2.22. The van der Waals surface area contributed by atoms with Gasteiger partial charge in [0, 0.05) is 11.6 Å². The van der Waals surface area contributed by atoms with Crippen LogP contribution in [0.1, 0.15) is 12.8 Å². The molecule has 1 aliphatic carbocycles. The van der Waals surface area contributed by atoms with E-state index in [1.54, 1.807) is 0 Å². The van der Waals surface area contributed by atoms with Gasteiger partial charge in [-0.1, -0.05) is 24.3 Å². The van der Waals surface area contributed by atoms with Crippen LogP contribution in [0.5, 0.6) is 0 Å². The molecule has 1 aliphatic heterocycles. The molecule has 1 heterocycles. The maximum absolute atomic E-state index is 4.54. The Morgan fingerprint density at radius 1 is 1.23 bits per heavy atom. The third-order valence-electron chi connectivity index (χ3n) is 2.45. The van der Waals surface area contributed by atoms with Gasteiger partial charge in [0.25, 0.3) is 0 Å². The predicted molar refractivity (Wildman–Crippen MR) is 51.2 cm³/mol. The molecular formula is C12H9N. The highest BCUT2D eigenvalue weighted by molar-refractivity contribution is 5.72. The molecule has 0 amide bonds. The predicted octanol–water partition coefficient (Wildman–Crippen LogP) is 1.23. The fraction of sp³-hybridized carbons (Fsp3) is 0.167. The third-order valence-corrected chi connectivity index (χ3v) is 2.45. The van der Waals surface area contributed by atoms with Crippen LogP contribution in [0.15, 0.2) is 41.0 Å². The highest BCUT2D eigenvalue weighted by Crippen LogP contribution is 2.24. The number of fused-ring (bicyclic) bond motifs is 2. The van der Waals surface area contributed by atoms with Crippen molar-refractivity contribution < 1.29 is 0 Å². The number of nitrogens with zero attached hydrogens (tertiary/aromatic N) is 1. The Bertz CT molecular complexity index is 494. The van der Waals surface area contributed by atoms with Crippen molar-refractivity contribution in [3.05, 3.63) is 53.0 Å². The van der Waals surface area contributed by atoms with E-state index in [-0.39, 0.29) is 0 Å². The van der Waals surface area contributed by atoms with E-state index in [1.165, 1.54) is 10.8 Å². The first-order chi connectivity index (χ1) is 6.45. The second kappa shape index (κ2) is 2.56. The smallest absolute Gasteiger partial charge is 0.0713 e. The Morgan fingerprint density at radius 2 is 2.15 bits per heavy atom. The van der Waals surface area contributed by atoms with E-state index in [9.17, 15) is 0 Å². The van der Waals surface area contributed by atoms with E-state index in [0.29, 0.717) is 0 Å². The van der Waals surface area contributed by atoms with E-state index in [4.69, 9.17) is 0 Å². The van der Waals surface area contributed by atoms with Crippen LogP contribution >= 0.6 is 0 Å². The molecule has 1 aromatic carbocycles. The normalized spacial score (nSPS) is 18.8. The van der Waals surface area contributed by atoms with E-state index in [0.717, 1.165) is 23.9 Å². The Morgan fingerprint density at radius 3 is 3.15 bits per heavy atom. The molecule has 13 heavy (non-hydrogen) atoms. The summed E-state index contributed by atoms with van der Waals surface area (Å²) >= 11 is 0. The zero-order chi connectivity index (χ0) is 8.67. The average molecular weight is 167 g/mol. The number of rotatable bonds is 0. The molecule has 0 saturated carbocycles. The van der Waals surface area contributed by atoms with Gasteiger partial charge in [0.15, 0.2) is 0 Å². The monoisotopic (exact) mass is 167 g/mol. The van der Waals surface area contributed by atoms with Crippen molar-refractivity contribution in [3.63, 3.8) is 0 Å². The van der Waals surface area contributed by atoms with Gasteiger partial charge in [-0.15, -0.1) is 0 Å². The van der Waals surface area contributed by atoms with Crippen molar-refractivity contribution in [3.8, 4) is 0 Å². The molecule has 0 aromatic heterocycles. The molecule has 0 N–H and O–H groups in total. The minimum absolute atomic E-state index is 1.03. The average Bonchev–Trinajstić information content (AvgIpc) is 2.56. The van der Waals surface area contributed by atoms with Crippen LogP contribution in [-0.2, 0) is 0 Å². The quantitative estimate of drug-likeness (QED) is 0.551. The number of benzene rings is 1. The molecule has 0 unspecified atom stereocenters. The Labute approximate surface area is 77.1 Å². The van der Waals surface area contributed by atoms with Crippen LogP contribution in [0.3, 0.4) is 0 Å². The number of hydrogen-bond acceptors (Lipinski definition) is 1. The molecule has 0 saturated heterocycles. The molecule has 2 radical (unpaired) electrons. The summed E-state index contributed by atoms with van der Waals surface area (Å²) in [7, 11) is 0. The van der Waals surface area contributed by atoms with Crippen LogP contribution in [0, 0.1) is 6.42 Å². The highest BCUT2D eigenvalue weighted by atomic mass is 14.8. The zero-order valence-corrected chi connectivity index (χ0v) is 7.25. The van der Waals surface area contributed by atoms with Gasteiger partial charge in [-0.2, -0.15) is 0 Å². The first-order valence-corrected chi connectivity index (χ1v) is 4.58. The maximum Gasteiger partial charge on any atom is 0.0713 e. The van der Waals surface area contributed by atoms with Crippen LogP contribution in [0.4, 0.5) is 0 Å². The van der Waals surface area contributed by atoms with Crippen molar-refractivity contribution in [2.75, 3.05) is 0 Å². The molecular weight excluding hydrogens is 158 g/mol. The number of allylic oxidation sites excluding steroid dienone is 2. The lowest BCUT2D eigenvalue weighted by molar-refractivity contribution is 0.970. The standard InChI is InChI=1S/C12H9N/c1-3-7-11-9(5-1)10-6-2-4-8-12(10)13-11/h1,3,5,7-8H,2,4H2. The van der Waals surface area contributed by atoms with E-state index >= 15 is 0 Å². The van der Waals surface area contributed by atoms with Gasteiger partial charge in [0.05, 0.1) is 11.1 Å². The lowest BCUT2D eigenvalue weighted by Gasteiger charge is -2.07. The Hall–Kier alpha value is -1.37. The van der Waals surface area contributed by atoms with Crippen molar-refractivity contribution >= 4 is 5.57 Å². The van der Waals surface area contributed by atoms with Gasteiger partial charge >= 0.3 is 0 Å². The summed E-state index contributed by atoms with van der Waals surface area (Å²) in [5.41, 5.74) is 2.33. The Balaban J connectivity index is 2.43. The molecule has 3 rings (SSSR count). The van der Waals surface area contributed by atoms with Crippen molar-refractivity contribution in [2.45, 2.75) is 12.8 Å². The molecule has 2 aliphatic rings. The second-order valence-electron chi connectivity index (χ2n) is 3.31. The van der Waals surface area contributed by atoms with Crippen LogP contribution in [-0.4, -0.2) is 0 Å². The van der Waals surface area contributed by atoms with E-state index < -0.39 is 0 Å². The number of para-hydroxylation sites is 1. The SMILES string of the molecule is [C]1CCC=C2N=c3ccccc3=C12. The van der Waals surface area contributed by atoms with E-state index in [2.05, 4.69) is 35.7 Å². The summed E-state index contributed by atoms with van der Waals surface area (Å²) in [4.78, 5) is 4.54. The van der Waals surface area contributed by atoms with E-state index in [1.807, 2.05) is 6.07 Å². The largest absolute Gasteiger partial charge is 0.248 e. The summed E-state index contributed by atoms with van der Waals surface area (Å²) in [5.74, 6) is 0. The van der Waals surface area contributed by atoms with Gasteiger partial charge in [-0.3, -0.25) is 0 Å². The van der Waals surface area contributed by atoms with Gasteiger partial charge in [-0.25, -0.2) is 4.99 Å². The summed E-state index contributed by atoms with van der Waals surface area (Å²) in [6.45, 7) is 0. The summed E-state index contributed by atoms with van der Waals surface area (Å²) in [5, 5.41) is 2.34. The van der Waals surface area contributed by atoms with Crippen molar-refractivity contribution in [1.29, 1.82) is 0 Å². The minimum Gasteiger partial charge on any atom is -0.248 e. The van der Waals surface area contributed by atoms with Crippen molar-refractivity contribution in [2.24, 2.45) is 4.99 Å². The molecule has 1 aromatic rings. The fourth-order valence-electron chi connectivity index (χ4n) is 1.85. The van der Waals surface area contributed by atoms with Crippen LogP contribution in [0.25, 0.3) is 5.57 Å². The maximum atomic E-state index is 4.54. The Kier molecular flexibility index (Phi) is 1.39. The van der Waals surface area contributed by atoms with Gasteiger partial charge < -0.3 is 0 Å². The molecule has 0 spiro atoms. The zero-order valence-electron chi connectivity index (χ0n) is 7.25. The van der Waals surface area contributed by atoms with Gasteiger partial charge in [-0.05, 0) is 24.5 Å². The molecule has 0 bridgehead atoms. The summed E-state index contributed by atoms with van der Waals surface area (Å²) in [6, 6.07) is 8.26. The number of hydrogen-bond donors (Lipinski definition) is 0. The lowest BCUT2D eigenvalue weighted by atomic mass is 9.98. The molecule has 62 valence electrons. The molecule has 0 fully saturated rings. The summed E-state index contributed by atoms with van der Waals surface area (Å²) < 4.78 is 0. The molecule has 1 heteroatoms. The van der Waals surface area contributed by atoms with Gasteiger partial charge in [0.2, 0.25) is 0 Å². The topological polar surface area (TPSA) is 12.4 Å². The third kappa shape index (κ3) is 0.966. The van der Waals surface area contributed by atoms with Crippen LogP contribution < -0.4 is 10.6 Å². The molecule has 1 nitrogen and oxygen atoms in total. The van der Waals surface area contributed by atoms with Gasteiger partial charge in [0.1, 0.15) is 0 Å². The highest BCUT2D eigenvalue weighted by Gasteiger charge is 2.15. The fourth-order valence-corrected chi connectivity index (χ4v) is 1.85. The first-order valence-electron chi connectivity index (χ1n) is 4.58. The minimum atomic E-state index is 1.03. The van der Waals surface area contributed by atoms with Crippen LogP contribution in [0.2, 0.25) is 0 Å². The second-order valence-corrected chi connectivity index (χ2v) is 3.31. The molecule has 0 atom stereocenters. The summed E-state index contributed by atoms with van der Waals surface area (Å²) in [6.07, 6.45) is 7.70. The first kappa shape index (κ1) is 7.07. The van der Waals surface area contributed by atoms with Crippen molar-refractivity contribution in [1.82, 2.24) is 0 Å².